The lowest BCUT2D eigenvalue weighted by Gasteiger charge is -2.11. The number of ether oxygens (including phenoxy) is 1. The first-order valence-electron chi connectivity index (χ1n) is 4.63. The minimum Gasteiger partial charge on any atom is -0.472 e. The Morgan fingerprint density at radius 1 is 1.50 bits per heavy atom. The Bertz CT molecular complexity index is 354. The third-order valence-corrected chi connectivity index (χ3v) is 1.92. The van der Waals surface area contributed by atoms with Crippen LogP contribution in [0.3, 0.4) is 0 Å². The molecule has 7 nitrogen and oxygen atoms in total. The summed E-state index contributed by atoms with van der Waals surface area (Å²) in [5, 5.41) is 28.2. The standard InChI is InChI=1S/C9H12N2O5/c12-4-7(5-13)6-16-9-8(11(14)15)2-1-3-10-9/h1-3,7,12-13H,4-6H2. The summed E-state index contributed by atoms with van der Waals surface area (Å²) in [6.45, 7) is -0.529. The number of nitrogens with zero attached hydrogens (tertiary/aromatic N) is 2. The van der Waals surface area contributed by atoms with Crippen LogP contribution in [-0.4, -0.2) is 39.9 Å². The summed E-state index contributed by atoms with van der Waals surface area (Å²) in [7, 11) is 0. The average molecular weight is 228 g/mol. The van der Waals surface area contributed by atoms with Crippen molar-refractivity contribution in [3.05, 3.63) is 28.4 Å². The van der Waals surface area contributed by atoms with Crippen LogP contribution >= 0.6 is 0 Å². The first-order chi connectivity index (χ1) is 7.69. The number of nitro groups is 1. The second-order valence-electron chi connectivity index (χ2n) is 3.13. The Morgan fingerprint density at radius 3 is 2.75 bits per heavy atom. The number of pyridine rings is 1. The Labute approximate surface area is 91.5 Å². The van der Waals surface area contributed by atoms with E-state index < -0.39 is 10.8 Å². The fraction of sp³-hybridized carbons (Fsp3) is 0.444. The third-order valence-electron chi connectivity index (χ3n) is 1.92. The summed E-state index contributed by atoms with van der Waals surface area (Å²) >= 11 is 0. The second kappa shape index (κ2) is 5.99. The van der Waals surface area contributed by atoms with Crippen LogP contribution in [0.15, 0.2) is 18.3 Å². The number of hydrogen-bond donors (Lipinski definition) is 2. The van der Waals surface area contributed by atoms with E-state index >= 15 is 0 Å². The molecule has 2 N–H and O–H groups in total. The Kier molecular flexibility index (Phi) is 4.62. The lowest BCUT2D eigenvalue weighted by molar-refractivity contribution is -0.386. The monoisotopic (exact) mass is 228 g/mol. The van der Waals surface area contributed by atoms with Gasteiger partial charge in [-0.25, -0.2) is 4.98 Å². The molecule has 0 radical (unpaired) electrons. The molecule has 1 aromatic heterocycles. The van der Waals surface area contributed by atoms with E-state index in [9.17, 15) is 10.1 Å². The summed E-state index contributed by atoms with van der Waals surface area (Å²) in [6.07, 6.45) is 1.37. The molecule has 0 bridgehead atoms. The van der Waals surface area contributed by atoms with Gasteiger partial charge in [-0.15, -0.1) is 0 Å². The molecule has 0 aliphatic rings. The SMILES string of the molecule is O=[N+]([O-])c1cccnc1OCC(CO)CO. The van der Waals surface area contributed by atoms with E-state index in [2.05, 4.69) is 4.98 Å². The van der Waals surface area contributed by atoms with E-state index in [0.717, 1.165) is 0 Å². The molecule has 0 amide bonds. The zero-order valence-corrected chi connectivity index (χ0v) is 8.44. The molecule has 0 fully saturated rings. The van der Waals surface area contributed by atoms with Crippen LogP contribution in [0.2, 0.25) is 0 Å². The summed E-state index contributed by atoms with van der Waals surface area (Å²) in [5.74, 6) is -0.582. The van der Waals surface area contributed by atoms with Crippen molar-refractivity contribution in [3.8, 4) is 5.88 Å². The average Bonchev–Trinajstić information content (AvgIpc) is 2.30. The van der Waals surface area contributed by atoms with Crippen LogP contribution in [0.4, 0.5) is 5.69 Å². The number of hydrogen-bond acceptors (Lipinski definition) is 6. The normalized spacial score (nSPS) is 10.4. The van der Waals surface area contributed by atoms with Crippen molar-refractivity contribution in [1.29, 1.82) is 0 Å². The fourth-order valence-corrected chi connectivity index (χ4v) is 0.992. The van der Waals surface area contributed by atoms with Crippen molar-refractivity contribution in [2.45, 2.75) is 0 Å². The smallest absolute Gasteiger partial charge is 0.330 e. The number of rotatable bonds is 6. The summed E-state index contributed by atoms with van der Waals surface area (Å²) < 4.78 is 5.07. The molecular formula is C9H12N2O5. The highest BCUT2D eigenvalue weighted by Crippen LogP contribution is 2.23. The molecule has 16 heavy (non-hydrogen) atoms. The van der Waals surface area contributed by atoms with Gasteiger partial charge in [0.2, 0.25) is 0 Å². The van der Waals surface area contributed by atoms with Crippen molar-refractivity contribution < 1.29 is 19.9 Å². The molecule has 0 saturated carbocycles. The minimum absolute atomic E-state index is 0.0230. The van der Waals surface area contributed by atoms with E-state index in [1.807, 2.05) is 0 Å². The molecule has 7 heteroatoms. The molecule has 88 valence electrons. The van der Waals surface area contributed by atoms with Gasteiger partial charge in [0.25, 0.3) is 5.88 Å². The number of aliphatic hydroxyl groups is 2. The highest BCUT2D eigenvalue weighted by Gasteiger charge is 2.17. The molecule has 0 unspecified atom stereocenters. The van der Waals surface area contributed by atoms with Crippen LogP contribution in [0.1, 0.15) is 0 Å². The molecule has 1 rings (SSSR count). The first-order valence-corrected chi connectivity index (χ1v) is 4.63. The maximum atomic E-state index is 10.6. The van der Waals surface area contributed by atoms with Gasteiger partial charge in [0.05, 0.1) is 24.7 Å². The van der Waals surface area contributed by atoms with Crippen molar-refractivity contribution in [2.24, 2.45) is 5.92 Å². The van der Waals surface area contributed by atoms with E-state index in [1.165, 1.54) is 18.3 Å². The lowest BCUT2D eigenvalue weighted by Crippen LogP contribution is -2.20. The van der Waals surface area contributed by atoms with Gasteiger partial charge in [-0.05, 0) is 6.07 Å². The predicted molar refractivity (Wildman–Crippen MR) is 54.0 cm³/mol. The quantitative estimate of drug-likeness (QED) is 0.523. The number of aliphatic hydroxyl groups excluding tert-OH is 2. The topological polar surface area (TPSA) is 106 Å². The molecular weight excluding hydrogens is 216 g/mol. The Balaban J connectivity index is 2.69. The summed E-state index contributed by atoms with van der Waals surface area (Å²) in [5.41, 5.74) is -0.239. The van der Waals surface area contributed by atoms with Gasteiger partial charge in [-0.1, -0.05) is 0 Å². The molecule has 0 aliphatic carbocycles. The fourth-order valence-electron chi connectivity index (χ4n) is 0.992. The van der Waals surface area contributed by atoms with Gasteiger partial charge in [-0.2, -0.15) is 0 Å². The minimum atomic E-state index is -0.602. The maximum absolute atomic E-state index is 10.6. The van der Waals surface area contributed by atoms with Crippen LogP contribution in [0.5, 0.6) is 5.88 Å². The third kappa shape index (κ3) is 3.14. The summed E-state index contributed by atoms with van der Waals surface area (Å²) in [6, 6.07) is 2.70. The lowest BCUT2D eigenvalue weighted by atomic mass is 10.2. The van der Waals surface area contributed by atoms with E-state index in [4.69, 9.17) is 14.9 Å². The highest BCUT2D eigenvalue weighted by molar-refractivity contribution is 5.39. The second-order valence-corrected chi connectivity index (χ2v) is 3.13. The van der Waals surface area contributed by atoms with Gasteiger partial charge < -0.3 is 14.9 Å². The molecule has 0 saturated heterocycles. The van der Waals surface area contributed by atoms with Crippen molar-refractivity contribution >= 4 is 5.69 Å². The zero-order valence-electron chi connectivity index (χ0n) is 8.44. The molecule has 0 aliphatic heterocycles. The van der Waals surface area contributed by atoms with Crippen molar-refractivity contribution in [2.75, 3.05) is 19.8 Å². The van der Waals surface area contributed by atoms with Crippen molar-refractivity contribution in [1.82, 2.24) is 4.98 Å². The predicted octanol–water partition coefficient (Wildman–Crippen LogP) is -0.0306. The number of aromatic nitrogens is 1. The molecule has 0 aromatic carbocycles. The molecule has 0 spiro atoms. The Hall–Kier alpha value is -1.73. The van der Waals surface area contributed by atoms with Gasteiger partial charge in [0, 0.05) is 18.2 Å². The zero-order chi connectivity index (χ0) is 12.0. The van der Waals surface area contributed by atoms with Gasteiger partial charge in [-0.3, -0.25) is 10.1 Å². The molecule has 0 atom stereocenters. The van der Waals surface area contributed by atoms with Crippen LogP contribution in [0.25, 0.3) is 0 Å². The summed E-state index contributed by atoms with van der Waals surface area (Å²) in [4.78, 5) is 13.7. The molecule has 1 aromatic rings. The van der Waals surface area contributed by atoms with Gasteiger partial charge >= 0.3 is 5.69 Å². The Morgan fingerprint density at radius 2 is 2.19 bits per heavy atom. The first kappa shape index (κ1) is 12.3. The van der Waals surface area contributed by atoms with Gasteiger partial charge in [0.1, 0.15) is 0 Å². The van der Waals surface area contributed by atoms with Gasteiger partial charge in [0.15, 0.2) is 0 Å². The van der Waals surface area contributed by atoms with E-state index in [-0.39, 0.29) is 31.4 Å². The van der Waals surface area contributed by atoms with Crippen LogP contribution in [-0.2, 0) is 0 Å². The van der Waals surface area contributed by atoms with E-state index in [0.29, 0.717) is 0 Å². The van der Waals surface area contributed by atoms with Crippen LogP contribution in [0, 0.1) is 16.0 Å². The highest BCUT2D eigenvalue weighted by atomic mass is 16.6. The van der Waals surface area contributed by atoms with Crippen LogP contribution < -0.4 is 4.74 Å². The largest absolute Gasteiger partial charge is 0.472 e. The van der Waals surface area contributed by atoms with Crippen molar-refractivity contribution in [3.63, 3.8) is 0 Å². The molecule has 1 heterocycles. The maximum Gasteiger partial charge on any atom is 0.330 e. The van der Waals surface area contributed by atoms with E-state index in [1.54, 1.807) is 0 Å².